The molecule has 5 fully saturated rings. The molecule has 0 radical (unpaired) electrons. The molecule has 0 aliphatic heterocycles. The summed E-state index contributed by atoms with van der Waals surface area (Å²) in [4.78, 5) is 24.0. The molecule has 12 heteroatoms. The molecule has 0 saturated heterocycles. The van der Waals surface area contributed by atoms with Gasteiger partial charge < -0.3 is 38.0 Å². The fourth-order valence-corrected chi connectivity index (χ4v) is 10.1. The van der Waals surface area contributed by atoms with Crippen LogP contribution in [0.1, 0.15) is 179 Å². The zero-order chi connectivity index (χ0) is 43.9. The Balaban J connectivity index is 0.000000794. The number of carbonyl (C=O) groups is 2. The molecule has 362 valence electrons. The van der Waals surface area contributed by atoms with E-state index in [1.165, 1.54) is 89.9 Å². The SMILES string of the molecule is CC[C@H]1CCC[C@@H]1N.CC[C@H]1CCC[C@@H]1N.CC[C@H]1CCC[C@@H]1N.CC[C@H]1CCC[C@@H]1NC(=O)[C@H](O)c1ccccc1.Cl.Cl.Cl.[CH2+]C[C@H]1CCC[C@@H]1NC(=O)[C@H](O)c1ccccc1. The topological polar surface area (TPSA) is 177 Å². The van der Waals surface area contributed by atoms with Crippen molar-refractivity contribution < 1.29 is 19.8 Å². The lowest BCUT2D eigenvalue weighted by molar-refractivity contribution is -0.131. The standard InChI is InChI=1S/C15H21NO2.C15H19NO2.3C7H15N.3ClH/c2*1-2-11-9-6-10-13(11)16-15(18)14(17)12-7-4-3-5-8-12;3*1-2-6-4-3-5-7(6)8;;;/h3-5,7-8,11,13-14,17H,2,6,9-10H2,1H3,(H,16,18);3-5,7-8,11,13-14,17H,1-2,6,9-10H2;3*6-7H,2-5,8H2,1H3;3*1H/p+1/t2*11-,13-,14+;3*6-,7-;;;/m00000.../s1. The monoisotopic (exact) mass is 941 g/mol. The number of hydrogen-bond acceptors (Lipinski definition) is 7. The smallest absolute Gasteiger partial charge is 0.253 e. The summed E-state index contributed by atoms with van der Waals surface area (Å²) in [5.41, 5.74) is 18.7. The van der Waals surface area contributed by atoms with Gasteiger partial charge in [0.1, 0.15) is 0 Å². The van der Waals surface area contributed by atoms with E-state index in [9.17, 15) is 19.8 Å². The fraction of sp³-hybridized carbons (Fsp3) is 0.706. The highest BCUT2D eigenvalue weighted by molar-refractivity contribution is 5.86. The third-order valence-electron chi connectivity index (χ3n) is 14.3. The van der Waals surface area contributed by atoms with Gasteiger partial charge in [0.15, 0.2) is 12.2 Å². The molecular weight excluding hydrogens is 853 g/mol. The first kappa shape index (κ1) is 60.9. The lowest BCUT2D eigenvalue weighted by Gasteiger charge is -2.21. The number of carbonyl (C=O) groups excluding carboxylic acids is 2. The van der Waals surface area contributed by atoms with Gasteiger partial charge in [-0.05, 0) is 99.0 Å². The van der Waals surface area contributed by atoms with Crippen molar-refractivity contribution in [2.45, 2.75) is 199 Å². The van der Waals surface area contributed by atoms with Crippen LogP contribution in [0.25, 0.3) is 0 Å². The number of nitrogens with two attached hydrogens (primary N) is 3. The summed E-state index contributed by atoms with van der Waals surface area (Å²) in [5.74, 6) is 2.98. The quantitative estimate of drug-likeness (QED) is 0.110. The molecule has 0 bridgehead atoms. The number of amides is 2. The molecule has 2 aromatic carbocycles. The molecular formula is C51H89Cl3N5O4+. The molecule has 2 aromatic rings. The lowest BCUT2D eigenvalue weighted by Crippen LogP contribution is -2.40. The Hall–Kier alpha value is -2.08. The van der Waals surface area contributed by atoms with E-state index in [1.54, 1.807) is 24.3 Å². The predicted molar refractivity (Wildman–Crippen MR) is 270 cm³/mol. The molecule has 7 rings (SSSR count). The summed E-state index contributed by atoms with van der Waals surface area (Å²) in [6.07, 6.45) is 22.3. The maximum Gasteiger partial charge on any atom is 0.253 e. The maximum absolute atomic E-state index is 12.0. The van der Waals surface area contributed by atoms with Crippen LogP contribution in [-0.2, 0) is 9.59 Å². The van der Waals surface area contributed by atoms with Crippen molar-refractivity contribution in [2.24, 2.45) is 46.8 Å². The minimum atomic E-state index is -1.07. The van der Waals surface area contributed by atoms with Gasteiger partial charge in [0, 0.05) is 36.1 Å². The molecule has 5 aliphatic carbocycles. The summed E-state index contributed by atoms with van der Waals surface area (Å²) in [7, 11) is 0. The second-order valence-electron chi connectivity index (χ2n) is 18.2. The minimum absolute atomic E-state index is 0. The average molecular weight is 943 g/mol. The molecule has 2 amide bonds. The largest absolute Gasteiger partial charge is 0.378 e. The fourth-order valence-electron chi connectivity index (χ4n) is 10.1. The van der Waals surface area contributed by atoms with Crippen molar-refractivity contribution >= 4 is 49.0 Å². The average Bonchev–Trinajstić information content (AvgIpc) is 4.15. The van der Waals surface area contributed by atoms with Gasteiger partial charge in [0.2, 0.25) is 0 Å². The van der Waals surface area contributed by atoms with Crippen LogP contribution in [-0.4, -0.2) is 52.2 Å². The van der Waals surface area contributed by atoms with Crippen molar-refractivity contribution in [1.29, 1.82) is 0 Å². The zero-order valence-corrected chi connectivity index (χ0v) is 41.7. The summed E-state index contributed by atoms with van der Waals surface area (Å²) < 4.78 is 0. The van der Waals surface area contributed by atoms with Crippen LogP contribution < -0.4 is 27.8 Å². The van der Waals surface area contributed by atoms with Crippen molar-refractivity contribution in [1.82, 2.24) is 10.6 Å². The van der Waals surface area contributed by atoms with Crippen LogP contribution in [0.15, 0.2) is 60.7 Å². The van der Waals surface area contributed by atoms with Gasteiger partial charge >= 0.3 is 0 Å². The number of nitrogens with one attached hydrogen (secondary N) is 2. The van der Waals surface area contributed by atoms with Crippen molar-refractivity contribution in [3.63, 3.8) is 0 Å². The summed E-state index contributed by atoms with van der Waals surface area (Å²) >= 11 is 0. The van der Waals surface area contributed by atoms with Crippen molar-refractivity contribution in [3.05, 3.63) is 78.7 Å². The van der Waals surface area contributed by atoms with Crippen LogP contribution in [0.5, 0.6) is 0 Å². The van der Waals surface area contributed by atoms with Crippen LogP contribution >= 0.6 is 37.2 Å². The van der Waals surface area contributed by atoms with Gasteiger partial charge in [-0.15, -0.1) is 37.2 Å². The Morgan fingerprint density at radius 3 is 1.06 bits per heavy atom. The molecule has 9 nitrogen and oxygen atoms in total. The zero-order valence-electron chi connectivity index (χ0n) is 39.2. The highest BCUT2D eigenvalue weighted by Gasteiger charge is 2.32. The van der Waals surface area contributed by atoms with Crippen molar-refractivity contribution in [3.8, 4) is 0 Å². The lowest BCUT2D eigenvalue weighted by atomic mass is 10.00. The third kappa shape index (κ3) is 21.0. The second-order valence-corrected chi connectivity index (χ2v) is 18.2. The van der Waals surface area contributed by atoms with Crippen LogP contribution in [0.4, 0.5) is 0 Å². The van der Waals surface area contributed by atoms with E-state index in [2.05, 4.69) is 45.3 Å². The molecule has 5 aliphatic rings. The summed E-state index contributed by atoms with van der Waals surface area (Å²) in [5, 5.41) is 25.9. The Morgan fingerprint density at radius 1 is 0.508 bits per heavy atom. The van der Waals surface area contributed by atoms with E-state index in [1.807, 2.05) is 36.4 Å². The van der Waals surface area contributed by atoms with Gasteiger partial charge in [0.25, 0.3) is 11.8 Å². The van der Waals surface area contributed by atoms with E-state index < -0.39 is 12.2 Å². The molecule has 63 heavy (non-hydrogen) atoms. The van der Waals surface area contributed by atoms with Gasteiger partial charge in [-0.3, -0.25) is 9.59 Å². The highest BCUT2D eigenvalue weighted by atomic mass is 35.5. The Kier molecular flexibility index (Phi) is 33.1. The van der Waals surface area contributed by atoms with Crippen LogP contribution in [0.3, 0.4) is 0 Å². The summed E-state index contributed by atoms with van der Waals surface area (Å²) in [6, 6.07) is 20.1. The van der Waals surface area contributed by atoms with Gasteiger partial charge in [0.05, 0.1) is 13.3 Å². The van der Waals surface area contributed by atoms with Gasteiger partial charge in [-0.2, -0.15) is 0 Å². The molecule has 0 heterocycles. The Labute approximate surface area is 401 Å². The normalized spacial score (nSPS) is 28.7. The number of halogens is 3. The molecule has 5 saturated carbocycles. The molecule has 0 spiro atoms. The van der Waals surface area contributed by atoms with Crippen LogP contribution in [0, 0.1) is 36.5 Å². The number of rotatable bonds is 11. The first-order chi connectivity index (χ1) is 29.0. The Morgan fingerprint density at radius 2 is 0.794 bits per heavy atom. The molecule has 12 atom stereocenters. The van der Waals surface area contributed by atoms with E-state index in [0.29, 0.717) is 41.1 Å². The van der Waals surface area contributed by atoms with Gasteiger partial charge in [-0.25, -0.2) is 0 Å². The van der Waals surface area contributed by atoms with Gasteiger partial charge in [-0.1, -0.05) is 146 Å². The molecule has 10 N–H and O–H groups in total. The number of aliphatic hydroxyl groups excluding tert-OH is 2. The predicted octanol–water partition coefficient (Wildman–Crippen LogP) is 10.5. The van der Waals surface area contributed by atoms with E-state index in [0.717, 1.165) is 56.3 Å². The second kappa shape index (κ2) is 34.3. The molecule has 0 unspecified atom stereocenters. The van der Waals surface area contributed by atoms with E-state index in [4.69, 9.17) is 17.2 Å². The minimum Gasteiger partial charge on any atom is -0.378 e. The molecule has 0 aromatic heterocycles. The van der Waals surface area contributed by atoms with E-state index in [-0.39, 0.29) is 61.1 Å². The number of hydrogen-bond donors (Lipinski definition) is 7. The first-order valence-electron chi connectivity index (χ1n) is 24.1. The Bertz CT molecular complexity index is 1320. The number of aliphatic hydroxyl groups is 2. The summed E-state index contributed by atoms with van der Waals surface area (Å²) in [6.45, 7) is 12.8. The third-order valence-corrected chi connectivity index (χ3v) is 14.3. The highest BCUT2D eigenvalue weighted by Crippen LogP contribution is 2.31. The first-order valence-corrected chi connectivity index (χ1v) is 24.1. The van der Waals surface area contributed by atoms with E-state index >= 15 is 0 Å². The van der Waals surface area contributed by atoms with Crippen LogP contribution in [0.2, 0.25) is 0 Å². The number of benzene rings is 2. The maximum atomic E-state index is 12.0. The van der Waals surface area contributed by atoms with Crippen molar-refractivity contribution in [2.75, 3.05) is 0 Å².